The molecule has 0 saturated carbocycles. The number of nitrogens with zero attached hydrogens (tertiary/aromatic N) is 3. The van der Waals surface area contributed by atoms with Gasteiger partial charge in [0.1, 0.15) is 5.82 Å². The van der Waals surface area contributed by atoms with Gasteiger partial charge in [0.15, 0.2) is 11.5 Å². The Bertz CT molecular complexity index is 848. The fourth-order valence-electron chi connectivity index (χ4n) is 4.80. The van der Waals surface area contributed by atoms with Gasteiger partial charge >= 0.3 is 0 Å². The number of ether oxygens (including phenoxy) is 2. The van der Waals surface area contributed by atoms with Crippen molar-refractivity contribution >= 4 is 12.9 Å². The second-order valence-corrected chi connectivity index (χ2v) is 7.68. The first-order valence-corrected chi connectivity index (χ1v) is 10.5. The summed E-state index contributed by atoms with van der Waals surface area (Å²) in [7, 11) is 0. The van der Waals surface area contributed by atoms with E-state index in [-0.39, 0.29) is 12.9 Å². The molecule has 31 heavy (non-hydrogen) atoms. The van der Waals surface area contributed by atoms with Crippen LogP contribution in [0.15, 0.2) is 30.6 Å². The van der Waals surface area contributed by atoms with Crippen molar-refractivity contribution in [2.75, 3.05) is 19.9 Å². The molecule has 9 nitrogen and oxygen atoms in total. The minimum absolute atomic E-state index is 0.250. The molecule has 2 N–H and O–H groups in total. The lowest BCUT2D eigenvalue weighted by molar-refractivity contribution is -0.123. The fraction of sp³-hybridized carbons (Fsp3) is 0.500. The van der Waals surface area contributed by atoms with E-state index in [1.54, 1.807) is 0 Å². The Kier molecular flexibility index (Phi) is 8.28. The van der Waals surface area contributed by atoms with Gasteiger partial charge in [-0.15, -0.1) is 0 Å². The van der Waals surface area contributed by atoms with Crippen LogP contribution in [0.4, 0.5) is 0 Å². The average Bonchev–Trinajstić information content (AvgIpc) is 3.44. The zero-order chi connectivity index (χ0) is 22.1. The molecule has 0 amide bonds. The van der Waals surface area contributed by atoms with Gasteiger partial charge in [-0.3, -0.25) is 9.59 Å². The summed E-state index contributed by atoms with van der Waals surface area (Å²) in [6, 6.07) is 6.88. The third kappa shape index (κ3) is 5.55. The molecule has 0 aliphatic carbocycles. The predicted molar refractivity (Wildman–Crippen MR) is 113 cm³/mol. The molecule has 1 aromatic carbocycles. The van der Waals surface area contributed by atoms with Gasteiger partial charge in [0.2, 0.25) is 6.79 Å². The Morgan fingerprint density at radius 3 is 2.58 bits per heavy atom. The molecule has 2 saturated heterocycles. The summed E-state index contributed by atoms with van der Waals surface area (Å²) in [5, 5.41) is 13.8. The zero-order valence-electron chi connectivity index (χ0n) is 17.4. The molecule has 0 bridgehead atoms. The minimum Gasteiger partial charge on any atom is -0.483 e. The Morgan fingerprint density at radius 2 is 1.77 bits per heavy atom. The molecule has 2 fully saturated rings. The minimum atomic E-state index is -0.250. The Hall–Kier alpha value is -3.07. The van der Waals surface area contributed by atoms with Gasteiger partial charge in [-0.1, -0.05) is 6.42 Å². The maximum absolute atomic E-state index is 8.36. The summed E-state index contributed by atoms with van der Waals surface area (Å²) in [5.41, 5.74) is 1.10. The van der Waals surface area contributed by atoms with Gasteiger partial charge in [0.05, 0.1) is 0 Å². The van der Waals surface area contributed by atoms with E-state index in [1.807, 2.05) is 12.3 Å². The SMILES string of the molecule is O=CO.O=CO.c1cn(C[C@@H]2CCCN3CCCC[C@H]23)c(-c2ccc3c(c2)OCO3)n1. The van der Waals surface area contributed by atoms with Gasteiger partial charge < -0.3 is 29.2 Å². The van der Waals surface area contributed by atoms with E-state index >= 15 is 0 Å². The molecule has 0 radical (unpaired) electrons. The second-order valence-electron chi connectivity index (χ2n) is 7.68. The maximum Gasteiger partial charge on any atom is 0.290 e. The van der Waals surface area contributed by atoms with Crippen LogP contribution in [0.25, 0.3) is 11.4 Å². The topological polar surface area (TPSA) is 114 Å². The van der Waals surface area contributed by atoms with Crippen molar-refractivity contribution < 1.29 is 29.3 Å². The van der Waals surface area contributed by atoms with E-state index in [2.05, 4.69) is 32.8 Å². The Labute approximate surface area is 181 Å². The maximum atomic E-state index is 8.36. The number of fused-ring (bicyclic) bond motifs is 2. The van der Waals surface area contributed by atoms with Crippen molar-refractivity contribution in [3.63, 3.8) is 0 Å². The lowest BCUT2D eigenvalue weighted by Crippen LogP contribution is -2.49. The molecule has 5 rings (SSSR count). The van der Waals surface area contributed by atoms with Crippen LogP contribution in [0.5, 0.6) is 11.5 Å². The van der Waals surface area contributed by atoms with Crippen molar-refractivity contribution in [2.45, 2.75) is 44.7 Å². The van der Waals surface area contributed by atoms with Crippen LogP contribution < -0.4 is 9.47 Å². The van der Waals surface area contributed by atoms with Crippen LogP contribution in [-0.2, 0) is 16.1 Å². The number of rotatable bonds is 3. The normalized spacial score (nSPS) is 21.5. The fourth-order valence-corrected chi connectivity index (χ4v) is 4.80. The largest absolute Gasteiger partial charge is 0.483 e. The molecule has 9 heteroatoms. The van der Waals surface area contributed by atoms with Crippen molar-refractivity contribution in [3.8, 4) is 22.9 Å². The molecular formula is C22H29N3O6. The van der Waals surface area contributed by atoms with Crippen LogP contribution in [0.2, 0.25) is 0 Å². The average molecular weight is 431 g/mol. The first kappa shape index (κ1) is 22.6. The lowest BCUT2D eigenvalue weighted by Gasteiger charge is -2.44. The van der Waals surface area contributed by atoms with E-state index in [4.69, 9.17) is 29.3 Å². The number of carboxylic acid groups (broad SMARTS) is 2. The highest BCUT2D eigenvalue weighted by molar-refractivity contribution is 5.62. The number of benzene rings is 1. The van der Waals surface area contributed by atoms with E-state index in [9.17, 15) is 0 Å². The molecule has 3 aliphatic heterocycles. The van der Waals surface area contributed by atoms with E-state index < -0.39 is 0 Å². The summed E-state index contributed by atoms with van der Waals surface area (Å²) in [4.78, 5) is 24.1. The zero-order valence-corrected chi connectivity index (χ0v) is 17.4. The number of aromatic nitrogens is 2. The third-order valence-corrected chi connectivity index (χ3v) is 6.01. The molecule has 0 spiro atoms. The summed E-state index contributed by atoms with van der Waals surface area (Å²) in [6.07, 6.45) is 10.8. The molecule has 168 valence electrons. The molecule has 1 aromatic heterocycles. The van der Waals surface area contributed by atoms with Crippen LogP contribution in [0.3, 0.4) is 0 Å². The quantitative estimate of drug-likeness (QED) is 0.713. The van der Waals surface area contributed by atoms with E-state index in [0.29, 0.717) is 6.79 Å². The van der Waals surface area contributed by atoms with Gasteiger partial charge in [-0.05, 0) is 62.9 Å². The van der Waals surface area contributed by atoms with Crippen LogP contribution in [-0.4, -0.2) is 63.5 Å². The third-order valence-electron chi connectivity index (χ3n) is 6.01. The predicted octanol–water partition coefficient (Wildman–Crippen LogP) is 2.94. The second kappa shape index (κ2) is 11.4. The van der Waals surface area contributed by atoms with Crippen molar-refractivity contribution in [3.05, 3.63) is 30.6 Å². The van der Waals surface area contributed by atoms with Gasteiger partial charge in [-0.25, -0.2) is 4.98 Å². The molecule has 4 heterocycles. The molecular weight excluding hydrogens is 402 g/mol. The Morgan fingerprint density at radius 1 is 1.03 bits per heavy atom. The number of imidazole rings is 1. The van der Waals surface area contributed by atoms with E-state index in [1.165, 1.54) is 45.2 Å². The van der Waals surface area contributed by atoms with Gasteiger partial charge in [0, 0.05) is 30.5 Å². The number of hydrogen-bond acceptors (Lipinski definition) is 6. The highest BCUT2D eigenvalue weighted by Crippen LogP contribution is 2.36. The molecule has 2 aromatic rings. The summed E-state index contributed by atoms with van der Waals surface area (Å²) >= 11 is 0. The Balaban J connectivity index is 0.000000411. The first-order chi connectivity index (χ1) is 15.2. The smallest absolute Gasteiger partial charge is 0.290 e. The van der Waals surface area contributed by atoms with Crippen LogP contribution in [0, 0.1) is 5.92 Å². The van der Waals surface area contributed by atoms with Gasteiger partial charge in [0.25, 0.3) is 12.9 Å². The first-order valence-electron chi connectivity index (χ1n) is 10.5. The van der Waals surface area contributed by atoms with Crippen LogP contribution >= 0.6 is 0 Å². The number of piperidine rings is 2. The standard InChI is InChI=1S/C20H25N3O2.2CH2O2/c1-2-9-22-10-3-4-16(17(22)5-1)13-23-11-8-21-20(23)15-6-7-18-19(12-15)25-14-24-18;2*2-1-3/h6-8,11-12,16-17H,1-5,9-10,13-14H2;2*1H,(H,2,3)/t16-,17+;;/m0../s1. The monoisotopic (exact) mass is 431 g/mol. The number of carbonyl (C=O) groups is 2. The van der Waals surface area contributed by atoms with Crippen molar-refractivity contribution in [1.82, 2.24) is 14.5 Å². The van der Waals surface area contributed by atoms with Gasteiger partial charge in [-0.2, -0.15) is 0 Å². The summed E-state index contributed by atoms with van der Waals surface area (Å²) in [6.45, 7) is 3.46. The highest BCUT2D eigenvalue weighted by Gasteiger charge is 2.33. The highest BCUT2D eigenvalue weighted by atomic mass is 16.7. The molecule has 2 atom stereocenters. The summed E-state index contributed by atoms with van der Waals surface area (Å²) in [5.74, 6) is 3.41. The van der Waals surface area contributed by atoms with E-state index in [0.717, 1.165) is 41.4 Å². The van der Waals surface area contributed by atoms with Crippen LogP contribution in [0.1, 0.15) is 32.1 Å². The summed E-state index contributed by atoms with van der Waals surface area (Å²) < 4.78 is 13.3. The number of hydrogen-bond donors (Lipinski definition) is 2. The lowest BCUT2D eigenvalue weighted by atomic mass is 9.83. The van der Waals surface area contributed by atoms with Crippen molar-refractivity contribution in [1.29, 1.82) is 0 Å². The molecule has 0 unspecified atom stereocenters. The molecule has 3 aliphatic rings. The van der Waals surface area contributed by atoms with Crippen molar-refractivity contribution in [2.24, 2.45) is 5.92 Å².